The Hall–Kier alpha value is -6.52. The molecule has 2 saturated heterocycles. The summed E-state index contributed by atoms with van der Waals surface area (Å²) in [6.07, 6.45) is 7.10. The Morgan fingerprint density at radius 1 is 0.758 bits per heavy atom. The van der Waals surface area contributed by atoms with E-state index < -0.39 is 77.6 Å². The van der Waals surface area contributed by atoms with Crippen LogP contribution in [0.4, 0.5) is 0 Å². The number of nitrogens with two attached hydrogens (primary N) is 2. The van der Waals surface area contributed by atoms with E-state index in [0.717, 1.165) is 54.0 Å². The number of guanidine groups is 1. The highest BCUT2D eigenvalue weighted by Gasteiger charge is 2.40. The van der Waals surface area contributed by atoms with Gasteiger partial charge in [-0.15, -0.1) is 0 Å². The summed E-state index contributed by atoms with van der Waals surface area (Å²) in [7, 11) is 0. The fraction of sp³-hybridized carbons (Fsp3) is 0.510. The van der Waals surface area contributed by atoms with E-state index in [2.05, 4.69) is 36.9 Å². The minimum atomic E-state index is -1.14. The summed E-state index contributed by atoms with van der Waals surface area (Å²) in [5.74, 6) is -3.57. The van der Waals surface area contributed by atoms with Crippen LogP contribution in [-0.4, -0.2) is 108 Å². The third kappa shape index (κ3) is 14.0. The average Bonchev–Trinajstić information content (AvgIpc) is 3.81. The van der Waals surface area contributed by atoms with Gasteiger partial charge in [0.25, 0.3) is 0 Å². The lowest BCUT2D eigenvalue weighted by atomic mass is 9.84. The van der Waals surface area contributed by atoms with Crippen molar-refractivity contribution in [3.05, 3.63) is 83.9 Å². The lowest BCUT2D eigenvalue weighted by Crippen LogP contribution is -2.60. The van der Waals surface area contributed by atoms with Crippen LogP contribution in [0.5, 0.6) is 0 Å². The number of nitrogens with zero attached hydrogens (tertiary/aromatic N) is 2. The van der Waals surface area contributed by atoms with Crippen LogP contribution in [0.3, 0.4) is 0 Å². The molecule has 0 bridgehead atoms. The van der Waals surface area contributed by atoms with Crippen molar-refractivity contribution in [3.8, 4) is 0 Å². The molecule has 0 radical (unpaired) electrons. The fourth-order valence-corrected chi connectivity index (χ4v) is 9.45. The van der Waals surface area contributed by atoms with E-state index in [9.17, 15) is 33.6 Å². The molecule has 2 heterocycles. The first-order chi connectivity index (χ1) is 31.9. The predicted molar refractivity (Wildman–Crippen MR) is 251 cm³/mol. The highest BCUT2D eigenvalue weighted by Crippen LogP contribution is 2.28. The molecule has 66 heavy (non-hydrogen) atoms. The monoisotopic (exact) mass is 907 g/mol. The van der Waals surface area contributed by atoms with Gasteiger partial charge in [-0.05, 0) is 72.8 Å². The van der Waals surface area contributed by atoms with Crippen molar-refractivity contribution < 1.29 is 33.6 Å². The second-order valence-electron chi connectivity index (χ2n) is 17.8. The normalized spacial score (nSPS) is 23.2. The van der Waals surface area contributed by atoms with E-state index in [-0.39, 0.29) is 63.6 Å². The summed E-state index contributed by atoms with van der Waals surface area (Å²) in [5.41, 5.74) is 12.7. The van der Waals surface area contributed by atoms with Crippen LogP contribution in [-0.2, 0) is 46.4 Å². The van der Waals surface area contributed by atoms with Gasteiger partial charge >= 0.3 is 0 Å². The number of benzene rings is 3. The predicted octanol–water partition coefficient (Wildman–Crippen LogP) is 1.99. The summed E-state index contributed by atoms with van der Waals surface area (Å²) in [5, 5.41) is 19.3. The summed E-state index contributed by atoms with van der Waals surface area (Å²) < 4.78 is 0. The molecule has 3 aromatic carbocycles. The number of amides is 7. The van der Waals surface area contributed by atoms with Crippen molar-refractivity contribution in [2.45, 2.75) is 133 Å². The van der Waals surface area contributed by atoms with Gasteiger partial charge in [0.05, 0.1) is 0 Å². The van der Waals surface area contributed by atoms with Gasteiger partial charge in [-0.2, -0.15) is 0 Å². The second-order valence-corrected chi connectivity index (χ2v) is 17.8. The number of nitrogens with one attached hydrogen (secondary N) is 6. The minimum absolute atomic E-state index is 0.0703. The zero-order valence-electron chi connectivity index (χ0n) is 37.9. The highest BCUT2D eigenvalue weighted by atomic mass is 16.2. The van der Waals surface area contributed by atoms with E-state index in [1.54, 1.807) is 0 Å². The fourth-order valence-electron chi connectivity index (χ4n) is 9.45. The van der Waals surface area contributed by atoms with Crippen LogP contribution in [0.15, 0.2) is 77.8 Å². The maximum atomic E-state index is 14.7. The Bertz CT molecular complexity index is 2210. The van der Waals surface area contributed by atoms with Crippen molar-refractivity contribution >= 4 is 58.1 Å². The molecule has 354 valence electrons. The van der Waals surface area contributed by atoms with E-state index in [0.29, 0.717) is 25.7 Å². The molecule has 1 saturated carbocycles. The summed E-state index contributed by atoms with van der Waals surface area (Å²) in [6, 6.07) is 16.4. The summed E-state index contributed by atoms with van der Waals surface area (Å²) in [4.78, 5) is 104. The third-order valence-electron chi connectivity index (χ3n) is 12.8. The van der Waals surface area contributed by atoms with Crippen LogP contribution in [0.25, 0.3) is 10.8 Å². The van der Waals surface area contributed by atoms with Gasteiger partial charge in [0, 0.05) is 39.4 Å². The van der Waals surface area contributed by atoms with Gasteiger partial charge in [0.15, 0.2) is 5.96 Å². The van der Waals surface area contributed by atoms with E-state index in [4.69, 9.17) is 11.5 Å². The average molecular weight is 907 g/mol. The van der Waals surface area contributed by atoms with Crippen LogP contribution < -0.4 is 43.4 Å². The van der Waals surface area contributed by atoms with Crippen LogP contribution in [0.2, 0.25) is 0 Å². The Morgan fingerprint density at radius 3 is 2.21 bits per heavy atom. The van der Waals surface area contributed by atoms with Crippen molar-refractivity contribution in [1.82, 2.24) is 36.8 Å². The molecule has 3 aliphatic rings. The molecule has 0 aromatic heterocycles. The van der Waals surface area contributed by atoms with Crippen LogP contribution in [0, 0.1) is 5.92 Å². The number of carbonyl (C=O) groups is 7. The number of fused-ring (bicyclic) bond motifs is 2. The van der Waals surface area contributed by atoms with E-state index >= 15 is 0 Å². The molecule has 7 amide bonds. The van der Waals surface area contributed by atoms with Gasteiger partial charge in [-0.1, -0.05) is 105 Å². The van der Waals surface area contributed by atoms with Gasteiger partial charge < -0.3 is 48.3 Å². The largest absolute Gasteiger partial charge is 0.370 e. The number of aliphatic imine (C=N–C) groups is 1. The van der Waals surface area contributed by atoms with E-state index in [1.165, 1.54) is 11.8 Å². The molecular weight excluding hydrogens is 841 g/mol. The van der Waals surface area contributed by atoms with Crippen LogP contribution >= 0.6 is 0 Å². The van der Waals surface area contributed by atoms with Gasteiger partial charge in [0.2, 0.25) is 41.4 Å². The lowest BCUT2D eigenvalue weighted by molar-refractivity contribution is -0.142. The lowest BCUT2D eigenvalue weighted by Gasteiger charge is -2.32. The minimum Gasteiger partial charge on any atom is -0.370 e. The van der Waals surface area contributed by atoms with Gasteiger partial charge in [-0.25, -0.2) is 0 Å². The molecular formula is C49H66N10O7. The maximum Gasteiger partial charge on any atom is 0.245 e. The molecule has 6 rings (SSSR count). The van der Waals surface area contributed by atoms with Gasteiger partial charge in [-0.3, -0.25) is 38.6 Å². The first-order valence-electron chi connectivity index (χ1n) is 23.5. The summed E-state index contributed by atoms with van der Waals surface area (Å²) in [6.45, 7) is 1.83. The highest BCUT2D eigenvalue weighted by molar-refractivity contribution is 5.98. The molecule has 1 aliphatic carbocycles. The number of rotatable bonds is 13. The molecule has 17 heteroatoms. The molecule has 10 N–H and O–H groups in total. The Morgan fingerprint density at radius 2 is 1.45 bits per heavy atom. The topological polar surface area (TPSA) is 259 Å². The second kappa shape index (κ2) is 24.1. The van der Waals surface area contributed by atoms with Crippen molar-refractivity contribution in [2.75, 3.05) is 19.6 Å². The van der Waals surface area contributed by atoms with Crippen LogP contribution in [0.1, 0.15) is 95.1 Å². The zero-order chi connectivity index (χ0) is 47.0. The standard InChI is InChI=1S/C49H66N10O7/c1-31(60)54-39(28-32-14-4-2-5-15-32)44(62)56-38-23-12-25-52-43(61)37(22-11-26-53-49(50)51)55-46(64)41(30-35-20-10-19-34-18-8-9-21-36(34)35)57-45(63)40(29-33-16-6-3-7-17-33)58-47(65)42-24-13-27-59(42)48(38)66/h2,4-5,8-10,14-15,18-21,33,37-42H,3,6-7,11-13,16-17,22-30H2,1H3,(H,52,61)(H,54,60)(H,55,64)(H,56,62)(H,57,63)(H,58,65)(H4,50,51,53)/t37-,38-,39-,40-,41-,42-/m0/s1. The number of carbonyl (C=O) groups excluding carboxylic acids is 7. The molecule has 3 aromatic rings. The number of hydrogen-bond acceptors (Lipinski definition) is 8. The summed E-state index contributed by atoms with van der Waals surface area (Å²) >= 11 is 0. The quantitative estimate of drug-likeness (QED) is 0.0708. The molecule has 0 spiro atoms. The Labute approximate surface area is 386 Å². The van der Waals surface area contributed by atoms with Crippen molar-refractivity contribution in [3.63, 3.8) is 0 Å². The zero-order valence-corrected chi connectivity index (χ0v) is 37.9. The van der Waals surface area contributed by atoms with Crippen molar-refractivity contribution in [1.29, 1.82) is 0 Å². The van der Waals surface area contributed by atoms with Gasteiger partial charge in [0.1, 0.15) is 36.3 Å². The molecule has 6 atom stereocenters. The maximum absolute atomic E-state index is 14.7. The molecule has 2 aliphatic heterocycles. The smallest absolute Gasteiger partial charge is 0.245 e. The first kappa shape index (κ1) is 48.9. The Kier molecular flexibility index (Phi) is 17.9. The Balaban J connectivity index is 1.32. The first-order valence-corrected chi connectivity index (χ1v) is 23.5. The van der Waals surface area contributed by atoms with E-state index in [1.807, 2.05) is 72.8 Å². The SMILES string of the molecule is CC(=O)N[C@@H](Cc1ccccc1)C(=O)N[C@H]1CCCNC(=O)[C@H](CCCN=C(N)N)NC(=O)[C@H](Cc2cccc3ccccc23)NC(=O)[C@H](CC2CCCCC2)NC(=O)[C@@H]2CCCN2C1=O. The third-order valence-corrected chi connectivity index (χ3v) is 12.8. The molecule has 0 unspecified atom stereocenters. The number of hydrogen-bond donors (Lipinski definition) is 8. The molecule has 3 fully saturated rings. The molecule has 17 nitrogen and oxygen atoms in total. The van der Waals surface area contributed by atoms with Crippen molar-refractivity contribution in [2.24, 2.45) is 22.4 Å².